The van der Waals surface area contributed by atoms with Crippen LogP contribution in [0.15, 0.2) is 34.9 Å². The van der Waals surface area contributed by atoms with Gasteiger partial charge in [-0.3, -0.25) is 4.79 Å². The molecule has 1 N–H and O–H groups in total. The standard InChI is InChI=1S/C24H28N2O3/c1-28-19-4-2-3-18(10-19)20-11-21(26-29-20)24(5-6-24)22(27)25-23-12-15-7-16(13-23)9-17(8-15)14-23/h2-4,10-11,15-17H,5-9,12-14H2,1H3,(H,25,27). The maximum atomic E-state index is 13.4. The fourth-order valence-electron chi connectivity index (χ4n) is 6.76. The molecule has 5 aliphatic rings. The predicted octanol–water partition coefficient (Wildman–Crippen LogP) is 4.47. The number of nitrogens with one attached hydrogen (secondary N) is 1. The van der Waals surface area contributed by atoms with Crippen LogP contribution < -0.4 is 10.1 Å². The van der Waals surface area contributed by atoms with E-state index in [1.54, 1.807) is 7.11 Å². The molecule has 1 aromatic carbocycles. The van der Waals surface area contributed by atoms with Gasteiger partial charge in [0, 0.05) is 17.2 Å². The Balaban J connectivity index is 1.23. The van der Waals surface area contributed by atoms with Crippen molar-refractivity contribution in [1.82, 2.24) is 10.5 Å². The molecular weight excluding hydrogens is 364 g/mol. The maximum absolute atomic E-state index is 13.4. The largest absolute Gasteiger partial charge is 0.497 e. The van der Waals surface area contributed by atoms with E-state index in [1.165, 1.54) is 38.5 Å². The minimum Gasteiger partial charge on any atom is -0.497 e. The lowest BCUT2D eigenvalue weighted by molar-refractivity contribution is -0.129. The minimum atomic E-state index is -0.496. The highest BCUT2D eigenvalue weighted by Gasteiger charge is 2.58. The summed E-state index contributed by atoms with van der Waals surface area (Å²) in [7, 11) is 1.65. The van der Waals surface area contributed by atoms with Crippen LogP contribution in [0.5, 0.6) is 5.75 Å². The van der Waals surface area contributed by atoms with Gasteiger partial charge in [-0.1, -0.05) is 17.3 Å². The molecule has 2 aromatic rings. The lowest BCUT2D eigenvalue weighted by atomic mass is 9.53. The smallest absolute Gasteiger partial charge is 0.232 e. The minimum absolute atomic E-state index is 0.0424. The molecule has 1 aromatic heterocycles. The summed E-state index contributed by atoms with van der Waals surface area (Å²) in [6.07, 6.45) is 9.39. The van der Waals surface area contributed by atoms with Gasteiger partial charge in [0.15, 0.2) is 5.76 Å². The lowest BCUT2D eigenvalue weighted by Gasteiger charge is -2.57. The van der Waals surface area contributed by atoms with Gasteiger partial charge in [-0.15, -0.1) is 0 Å². The van der Waals surface area contributed by atoms with E-state index < -0.39 is 5.41 Å². The van der Waals surface area contributed by atoms with Crippen molar-refractivity contribution in [3.8, 4) is 17.1 Å². The van der Waals surface area contributed by atoms with Crippen molar-refractivity contribution in [3.05, 3.63) is 36.0 Å². The van der Waals surface area contributed by atoms with Crippen molar-refractivity contribution in [2.45, 2.75) is 62.3 Å². The second kappa shape index (κ2) is 6.10. The molecule has 0 aliphatic heterocycles. The summed E-state index contributed by atoms with van der Waals surface area (Å²) in [5.74, 6) is 4.11. The van der Waals surface area contributed by atoms with Gasteiger partial charge in [-0.25, -0.2) is 0 Å². The molecule has 7 rings (SSSR count). The molecule has 0 spiro atoms. The van der Waals surface area contributed by atoms with Crippen LogP contribution in [0, 0.1) is 17.8 Å². The molecule has 0 saturated heterocycles. The van der Waals surface area contributed by atoms with E-state index in [0.29, 0.717) is 5.76 Å². The third-order valence-electron chi connectivity index (χ3n) is 7.96. The van der Waals surface area contributed by atoms with E-state index in [0.717, 1.165) is 47.6 Å². The Morgan fingerprint density at radius 3 is 2.41 bits per heavy atom. The number of amides is 1. The molecular formula is C24H28N2O3. The van der Waals surface area contributed by atoms with Gasteiger partial charge < -0.3 is 14.6 Å². The summed E-state index contributed by atoms with van der Waals surface area (Å²) in [6.45, 7) is 0. The van der Waals surface area contributed by atoms with Gasteiger partial charge >= 0.3 is 0 Å². The third-order valence-corrected chi connectivity index (χ3v) is 7.96. The number of hydrogen-bond donors (Lipinski definition) is 1. The number of benzene rings is 1. The first-order valence-electron chi connectivity index (χ1n) is 11.0. The van der Waals surface area contributed by atoms with Crippen molar-refractivity contribution in [3.63, 3.8) is 0 Å². The molecule has 5 nitrogen and oxygen atoms in total. The summed E-state index contributed by atoms with van der Waals surface area (Å²) < 4.78 is 10.9. The molecule has 0 atom stereocenters. The van der Waals surface area contributed by atoms with E-state index in [4.69, 9.17) is 9.26 Å². The van der Waals surface area contributed by atoms with Crippen LogP contribution in [0.25, 0.3) is 11.3 Å². The van der Waals surface area contributed by atoms with E-state index in [-0.39, 0.29) is 11.4 Å². The molecule has 1 amide bonds. The lowest BCUT2D eigenvalue weighted by Crippen LogP contribution is -2.61. The Morgan fingerprint density at radius 1 is 1.10 bits per heavy atom. The van der Waals surface area contributed by atoms with Gasteiger partial charge in [0.05, 0.1) is 18.2 Å². The zero-order chi connectivity index (χ0) is 19.6. The Morgan fingerprint density at radius 2 is 1.79 bits per heavy atom. The highest BCUT2D eigenvalue weighted by atomic mass is 16.5. The van der Waals surface area contributed by atoms with Crippen LogP contribution in [0.3, 0.4) is 0 Å². The molecule has 1 heterocycles. The normalized spacial score (nSPS) is 33.5. The monoisotopic (exact) mass is 392 g/mol. The number of carbonyl (C=O) groups is 1. The zero-order valence-corrected chi connectivity index (χ0v) is 16.9. The number of rotatable bonds is 5. The predicted molar refractivity (Wildman–Crippen MR) is 108 cm³/mol. The first kappa shape index (κ1) is 17.5. The molecule has 5 aliphatic carbocycles. The number of carbonyl (C=O) groups excluding carboxylic acids is 1. The van der Waals surface area contributed by atoms with E-state index >= 15 is 0 Å². The molecule has 5 saturated carbocycles. The van der Waals surface area contributed by atoms with Gasteiger partial charge in [0.1, 0.15) is 5.75 Å². The molecule has 0 radical (unpaired) electrons. The molecule has 152 valence electrons. The van der Waals surface area contributed by atoms with Gasteiger partial charge in [0.25, 0.3) is 0 Å². The van der Waals surface area contributed by atoms with E-state index in [9.17, 15) is 4.79 Å². The fourth-order valence-corrected chi connectivity index (χ4v) is 6.76. The summed E-state index contributed by atoms with van der Waals surface area (Å²) in [5.41, 5.74) is 1.24. The van der Waals surface area contributed by atoms with Gasteiger partial charge in [-0.2, -0.15) is 0 Å². The fraction of sp³-hybridized carbons (Fsp3) is 0.583. The zero-order valence-electron chi connectivity index (χ0n) is 16.9. The molecule has 4 bridgehead atoms. The topological polar surface area (TPSA) is 64.4 Å². The van der Waals surface area contributed by atoms with Crippen molar-refractivity contribution in [2.75, 3.05) is 7.11 Å². The second-order valence-electron chi connectivity index (χ2n) is 10.0. The first-order valence-corrected chi connectivity index (χ1v) is 11.0. The summed E-state index contributed by atoms with van der Waals surface area (Å²) >= 11 is 0. The highest BCUT2D eigenvalue weighted by molar-refractivity contribution is 5.91. The van der Waals surface area contributed by atoms with Crippen molar-refractivity contribution in [2.24, 2.45) is 17.8 Å². The average Bonchev–Trinajstić information content (AvgIpc) is 3.36. The van der Waals surface area contributed by atoms with Crippen LogP contribution in [-0.4, -0.2) is 23.7 Å². The number of nitrogens with zero attached hydrogens (tertiary/aromatic N) is 1. The quantitative estimate of drug-likeness (QED) is 0.816. The maximum Gasteiger partial charge on any atom is 0.232 e. The van der Waals surface area contributed by atoms with Crippen molar-refractivity contribution < 1.29 is 14.1 Å². The van der Waals surface area contributed by atoms with Crippen LogP contribution in [0.2, 0.25) is 0 Å². The first-order chi connectivity index (χ1) is 14.1. The number of ether oxygens (including phenoxy) is 1. The Kier molecular flexibility index (Phi) is 3.69. The van der Waals surface area contributed by atoms with Crippen LogP contribution in [-0.2, 0) is 10.2 Å². The van der Waals surface area contributed by atoms with E-state index in [1.807, 2.05) is 30.3 Å². The van der Waals surface area contributed by atoms with Gasteiger partial charge in [-0.05, 0) is 81.3 Å². The molecule has 29 heavy (non-hydrogen) atoms. The summed E-state index contributed by atoms with van der Waals surface area (Å²) in [6, 6.07) is 9.69. The van der Waals surface area contributed by atoms with Crippen LogP contribution in [0.1, 0.15) is 57.1 Å². The van der Waals surface area contributed by atoms with E-state index in [2.05, 4.69) is 10.5 Å². The molecule has 0 unspecified atom stereocenters. The summed E-state index contributed by atoms with van der Waals surface area (Å²) in [5, 5.41) is 7.87. The van der Waals surface area contributed by atoms with Crippen LogP contribution >= 0.6 is 0 Å². The number of methoxy groups -OCH3 is 1. The average molecular weight is 392 g/mol. The Bertz CT molecular complexity index is 923. The summed E-state index contributed by atoms with van der Waals surface area (Å²) in [4.78, 5) is 13.4. The second-order valence-corrected chi connectivity index (χ2v) is 10.0. The molecule has 5 heteroatoms. The van der Waals surface area contributed by atoms with Gasteiger partial charge in [0.2, 0.25) is 5.91 Å². The van der Waals surface area contributed by atoms with Crippen LogP contribution in [0.4, 0.5) is 0 Å². The molecule has 5 fully saturated rings. The Hall–Kier alpha value is -2.30. The van der Waals surface area contributed by atoms with Crippen molar-refractivity contribution in [1.29, 1.82) is 0 Å². The third kappa shape index (κ3) is 2.81. The SMILES string of the molecule is COc1cccc(-c2cc(C3(C(=O)NC45CC6CC(CC(C6)C4)C5)CC3)no2)c1. The van der Waals surface area contributed by atoms with Crippen molar-refractivity contribution >= 4 is 5.91 Å². The Labute approximate surface area is 171 Å². The highest BCUT2D eigenvalue weighted by Crippen LogP contribution is 2.57. The number of hydrogen-bond acceptors (Lipinski definition) is 4. The number of aromatic nitrogens is 1.